The lowest BCUT2D eigenvalue weighted by atomic mass is 10.0. The van der Waals surface area contributed by atoms with Crippen molar-refractivity contribution in [2.75, 3.05) is 41.3 Å². The Balaban J connectivity index is 1.71. The zero-order valence-electron chi connectivity index (χ0n) is 29.8. The molecule has 264 valence electrons. The van der Waals surface area contributed by atoms with E-state index in [0.717, 1.165) is 17.4 Å². The van der Waals surface area contributed by atoms with Crippen molar-refractivity contribution in [2.24, 2.45) is 5.92 Å². The second-order valence-corrected chi connectivity index (χ2v) is 19.0. The Hall–Kier alpha value is -3.37. The van der Waals surface area contributed by atoms with Crippen LogP contribution >= 0.6 is 0 Å². The Labute approximate surface area is 286 Å². The lowest BCUT2D eigenvalue weighted by Crippen LogP contribution is -2.34. The van der Waals surface area contributed by atoms with E-state index in [1.54, 1.807) is 46.3 Å². The first-order valence-electron chi connectivity index (χ1n) is 16.2. The second-order valence-electron chi connectivity index (χ2n) is 13.4. The molecule has 0 amide bonds. The van der Waals surface area contributed by atoms with Crippen LogP contribution in [0.1, 0.15) is 48.7 Å². The van der Waals surface area contributed by atoms with Crippen LogP contribution in [0.25, 0.3) is 6.08 Å². The Morgan fingerprint density at radius 1 is 1.04 bits per heavy atom. The molecule has 4 atom stereocenters. The van der Waals surface area contributed by atoms with Gasteiger partial charge in [-0.2, -0.15) is 0 Å². The summed E-state index contributed by atoms with van der Waals surface area (Å²) < 4.78 is 45.3. The fourth-order valence-electron chi connectivity index (χ4n) is 4.91. The van der Waals surface area contributed by atoms with Crippen molar-refractivity contribution in [2.45, 2.75) is 83.6 Å². The lowest BCUT2D eigenvalue weighted by Gasteiger charge is -2.18. The fraction of sp³-hybridized carbons (Fsp3) is 0.541. The minimum absolute atomic E-state index is 0.0537. The number of methoxy groups -OCH3 is 3. The maximum Gasteiger partial charge on any atom is 0.342 e. The number of rotatable bonds is 17. The van der Waals surface area contributed by atoms with E-state index in [-0.39, 0.29) is 18.3 Å². The molecule has 2 aromatic rings. The SMILES string of the molecule is COCOc1cc(OC)cc(/C=C/C[C@@H]2OC(C)(C)O[C@@H]2C(O)C#C[C@H](C)COCc2ccc(OC)cc2)c1C(=O)OCC[Si](C)(C)C. The number of hydrogen-bond donors (Lipinski definition) is 1. The number of benzene rings is 2. The smallest absolute Gasteiger partial charge is 0.342 e. The topological polar surface area (TPSA) is 111 Å². The number of aliphatic hydroxyl groups is 1. The van der Waals surface area contributed by atoms with Crippen molar-refractivity contribution in [1.29, 1.82) is 0 Å². The van der Waals surface area contributed by atoms with Crippen molar-refractivity contribution in [1.82, 2.24) is 0 Å². The Kier molecular flexibility index (Phi) is 15.0. The van der Waals surface area contributed by atoms with Crippen molar-refractivity contribution < 1.29 is 47.8 Å². The van der Waals surface area contributed by atoms with Gasteiger partial charge >= 0.3 is 5.97 Å². The van der Waals surface area contributed by atoms with Gasteiger partial charge < -0.3 is 43.0 Å². The molecule has 1 aliphatic rings. The number of ether oxygens (including phenoxy) is 8. The Bertz CT molecular complexity index is 1400. The summed E-state index contributed by atoms with van der Waals surface area (Å²) in [4.78, 5) is 13.4. The van der Waals surface area contributed by atoms with E-state index in [4.69, 9.17) is 37.9 Å². The number of carbonyl (C=O) groups excluding carboxylic acids is 1. The molecule has 1 fully saturated rings. The van der Waals surface area contributed by atoms with Gasteiger partial charge in [-0.1, -0.05) is 55.8 Å². The molecule has 0 spiro atoms. The van der Waals surface area contributed by atoms with Gasteiger partial charge in [-0.05, 0) is 62.6 Å². The van der Waals surface area contributed by atoms with Crippen LogP contribution in [0.3, 0.4) is 0 Å². The predicted octanol–water partition coefficient (Wildman–Crippen LogP) is 6.32. The highest BCUT2D eigenvalue weighted by molar-refractivity contribution is 6.76. The van der Waals surface area contributed by atoms with E-state index < -0.39 is 38.1 Å². The highest BCUT2D eigenvalue weighted by Gasteiger charge is 2.43. The summed E-state index contributed by atoms with van der Waals surface area (Å²) in [6, 6.07) is 11.9. The normalized spacial score (nSPS) is 18.5. The van der Waals surface area contributed by atoms with E-state index in [1.165, 1.54) is 7.11 Å². The molecule has 0 bridgehead atoms. The quantitative estimate of drug-likeness (QED) is 0.0880. The third kappa shape index (κ3) is 12.6. The first kappa shape index (κ1) is 39.1. The van der Waals surface area contributed by atoms with E-state index in [0.29, 0.717) is 43.3 Å². The molecule has 1 N–H and O–H groups in total. The molecular formula is C37H52O10Si. The number of aliphatic hydroxyl groups excluding tert-OH is 1. The van der Waals surface area contributed by atoms with Gasteiger partial charge in [0.25, 0.3) is 0 Å². The summed E-state index contributed by atoms with van der Waals surface area (Å²) in [6.45, 7) is 13.3. The average molecular weight is 685 g/mol. The molecule has 0 saturated carbocycles. The van der Waals surface area contributed by atoms with Crippen LogP contribution in [0.4, 0.5) is 0 Å². The molecular weight excluding hydrogens is 632 g/mol. The van der Waals surface area contributed by atoms with Gasteiger partial charge in [0, 0.05) is 27.2 Å². The molecule has 11 heteroatoms. The third-order valence-corrected chi connectivity index (χ3v) is 9.14. The van der Waals surface area contributed by atoms with Crippen molar-refractivity contribution in [3.05, 3.63) is 59.2 Å². The summed E-state index contributed by atoms with van der Waals surface area (Å²) in [7, 11) is 3.27. The van der Waals surface area contributed by atoms with Gasteiger partial charge in [-0.3, -0.25) is 0 Å². The molecule has 1 unspecified atom stereocenters. The van der Waals surface area contributed by atoms with Gasteiger partial charge in [0.1, 0.15) is 35.0 Å². The summed E-state index contributed by atoms with van der Waals surface area (Å²) in [5.74, 6) is 6.10. The van der Waals surface area contributed by atoms with Crippen LogP contribution in [0.2, 0.25) is 25.7 Å². The molecule has 0 aromatic heterocycles. The maximum atomic E-state index is 13.4. The zero-order valence-corrected chi connectivity index (χ0v) is 30.8. The van der Waals surface area contributed by atoms with Crippen molar-refractivity contribution in [3.63, 3.8) is 0 Å². The maximum absolute atomic E-state index is 13.4. The van der Waals surface area contributed by atoms with Crippen molar-refractivity contribution >= 4 is 20.1 Å². The lowest BCUT2D eigenvalue weighted by molar-refractivity contribution is -0.151. The Morgan fingerprint density at radius 2 is 1.75 bits per heavy atom. The molecule has 3 rings (SSSR count). The van der Waals surface area contributed by atoms with Crippen LogP contribution in [0.15, 0.2) is 42.5 Å². The third-order valence-electron chi connectivity index (χ3n) is 7.44. The fourth-order valence-corrected chi connectivity index (χ4v) is 5.62. The van der Waals surface area contributed by atoms with Crippen LogP contribution in [-0.4, -0.2) is 84.6 Å². The minimum Gasteiger partial charge on any atom is -0.497 e. The average Bonchev–Trinajstić information content (AvgIpc) is 3.35. The molecule has 10 nitrogen and oxygen atoms in total. The standard InChI is InChI=1S/C37H52O10Si/c1-26(23-43-24-27-14-16-29(41-5)17-15-27)13-18-31(38)35-32(46-37(2,3)47-35)12-10-11-28-21-30(42-6)22-33(45-25-40-4)34(28)36(39)44-19-20-48(7,8)9/h10-11,14-17,21-22,26,31-32,35,38H,12,19-20,23-25H2,1-9H3/b11-10+/t26-,31?,32-,35+/m0/s1. The minimum atomic E-state index is -1.41. The highest BCUT2D eigenvalue weighted by atomic mass is 28.3. The van der Waals surface area contributed by atoms with Gasteiger partial charge in [-0.25, -0.2) is 4.79 Å². The van der Waals surface area contributed by atoms with E-state index in [2.05, 4.69) is 31.5 Å². The Morgan fingerprint density at radius 3 is 2.40 bits per heavy atom. The van der Waals surface area contributed by atoms with Crippen LogP contribution in [0.5, 0.6) is 17.2 Å². The predicted molar refractivity (Wildman–Crippen MR) is 187 cm³/mol. The molecule has 0 aliphatic carbocycles. The number of hydrogen-bond acceptors (Lipinski definition) is 10. The molecule has 1 saturated heterocycles. The summed E-state index contributed by atoms with van der Waals surface area (Å²) in [6.07, 6.45) is 1.76. The van der Waals surface area contributed by atoms with Crippen LogP contribution < -0.4 is 14.2 Å². The largest absolute Gasteiger partial charge is 0.497 e. The van der Waals surface area contributed by atoms with Crippen LogP contribution in [-0.2, 0) is 30.3 Å². The van der Waals surface area contributed by atoms with Gasteiger partial charge in [0.2, 0.25) is 0 Å². The van der Waals surface area contributed by atoms with Crippen LogP contribution in [0, 0.1) is 17.8 Å². The monoisotopic (exact) mass is 684 g/mol. The zero-order chi connectivity index (χ0) is 35.3. The van der Waals surface area contributed by atoms with E-state index in [1.807, 2.05) is 37.3 Å². The summed E-state index contributed by atoms with van der Waals surface area (Å²) >= 11 is 0. The van der Waals surface area contributed by atoms with E-state index in [9.17, 15) is 9.90 Å². The molecule has 2 aromatic carbocycles. The van der Waals surface area contributed by atoms with Gasteiger partial charge in [0.15, 0.2) is 12.6 Å². The van der Waals surface area contributed by atoms with Gasteiger partial charge in [0.05, 0.1) is 40.1 Å². The van der Waals surface area contributed by atoms with Crippen molar-refractivity contribution in [3.8, 4) is 29.1 Å². The number of carbonyl (C=O) groups is 1. The first-order valence-corrected chi connectivity index (χ1v) is 19.9. The highest BCUT2D eigenvalue weighted by Crippen LogP contribution is 2.34. The molecule has 1 heterocycles. The molecule has 48 heavy (non-hydrogen) atoms. The molecule has 0 radical (unpaired) electrons. The number of esters is 1. The van der Waals surface area contributed by atoms with E-state index >= 15 is 0 Å². The second kappa shape index (κ2) is 18.4. The molecule has 1 aliphatic heterocycles. The first-order chi connectivity index (χ1) is 22.7. The summed E-state index contributed by atoms with van der Waals surface area (Å²) in [5.41, 5.74) is 1.86. The van der Waals surface area contributed by atoms with Gasteiger partial charge in [-0.15, -0.1) is 0 Å². The summed E-state index contributed by atoms with van der Waals surface area (Å²) in [5, 5.41) is 11.1.